The molecule has 3 heteroatoms. The molecule has 10 heavy (non-hydrogen) atoms. The van der Waals surface area contributed by atoms with Gasteiger partial charge in [0.25, 0.3) is 0 Å². The van der Waals surface area contributed by atoms with E-state index in [9.17, 15) is 10.1 Å². The van der Waals surface area contributed by atoms with Crippen molar-refractivity contribution in [2.24, 2.45) is 5.92 Å². The van der Waals surface area contributed by atoms with Crippen LogP contribution in [0.3, 0.4) is 0 Å². The monoisotopic (exact) mass is 143 g/mol. The zero-order valence-corrected chi connectivity index (χ0v) is 6.25. The Bertz CT molecular complexity index is 136. The first-order chi connectivity index (χ1) is 4.72. The van der Waals surface area contributed by atoms with E-state index >= 15 is 0 Å². The number of hydrogen-bond donors (Lipinski definition) is 0. The van der Waals surface area contributed by atoms with Crippen LogP contribution in [-0.2, 0) is 0 Å². The van der Waals surface area contributed by atoms with Crippen LogP contribution in [0.1, 0.15) is 32.6 Å². The summed E-state index contributed by atoms with van der Waals surface area (Å²) >= 11 is 0. The van der Waals surface area contributed by atoms with Crippen molar-refractivity contribution in [2.75, 3.05) is 0 Å². The molecule has 0 bridgehead atoms. The lowest BCUT2D eigenvalue weighted by Crippen LogP contribution is -2.30. The number of nitrogens with zero attached hydrogens (tertiary/aromatic N) is 1. The van der Waals surface area contributed by atoms with Gasteiger partial charge in [-0.05, 0) is 12.8 Å². The van der Waals surface area contributed by atoms with Gasteiger partial charge in [-0.1, -0.05) is 13.3 Å². The molecule has 2 atom stereocenters. The maximum absolute atomic E-state index is 10.4. The third-order valence-corrected chi connectivity index (χ3v) is 2.34. The van der Waals surface area contributed by atoms with Gasteiger partial charge in [0.2, 0.25) is 6.04 Å². The van der Waals surface area contributed by atoms with E-state index in [-0.39, 0.29) is 11.0 Å². The normalized spacial score (nSPS) is 33.7. The first-order valence-electron chi connectivity index (χ1n) is 3.85. The Kier molecular flexibility index (Phi) is 2.25. The molecule has 1 fully saturated rings. The topological polar surface area (TPSA) is 43.1 Å². The third kappa shape index (κ3) is 1.46. The maximum atomic E-state index is 10.4. The average molecular weight is 143 g/mol. The number of rotatable bonds is 1. The molecule has 0 spiro atoms. The third-order valence-electron chi connectivity index (χ3n) is 2.34. The van der Waals surface area contributed by atoms with E-state index in [1.807, 2.05) is 6.92 Å². The summed E-state index contributed by atoms with van der Waals surface area (Å²) in [6.45, 7) is 1.98. The van der Waals surface area contributed by atoms with Gasteiger partial charge in [0, 0.05) is 17.3 Å². The quantitative estimate of drug-likeness (QED) is 0.415. The SMILES string of the molecule is C[C@H]1CCCC[C@@H]1[N+](=O)[O-]. The lowest BCUT2D eigenvalue weighted by atomic mass is 9.86. The van der Waals surface area contributed by atoms with Gasteiger partial charge in [0.05, 0.1) is 0 Å². The summed E-state index contributed by atoms with van der Waals surface area (Å²) in [5.74, 6) is 0.295. The molecule has 1 saturated carbocycles. The second-order valence-corrected chi connectivity index (χ2v) is 3.11. The fraction of sp³-hybridized carbons (Fsp3) is 1.00. The first-order valence-corrected chi connectivity index (χ1v) is 3.85. The summed E-state index contributed by atoms with van der Waals surface area (Å²) in [6.07, 6.45) is 4.03. The lowest BCUT2D eigenvalue weighted by molar-refractivity contribution is -0.534. The summed E-state index contributed by atoms with van der Waals surface area (Å²) in [5, 5.41) is 10.4. The van der Waals surface area contributed by atoms with Crippen molar-refractivity contribution in [1.82, 2.24) is 0 Å². The van der Waals surface area contributed by atoms with Gasteiger partial charge in [-0.3, -0.25) is 10.1 Å². The molecule has 3 nitrogen and oxygen atoms in total. The van der Waals surface area contributed by atoms with Crippen LogP contribution in [0.25, 0.3) is 0 Å². The van der Waals surface area contributed by atoms with E-state index in [1.54, 1.807) is 0 Å². The Labute approximate surface area is 60.6 Å². The summed E-state index contributed by atoms with van der Waals surface area (Å²) in [4.78, 5) is 10.2. The standard InChI is InChI=1S/C7H13NO2/c1-6-4-2-3-5-7(6)8(9)10/h6-7H,2-5H2,1H3/t6-,7-/m0/s1. The van der Waals surface area contributed by atoms with Gasteiger partial charge >= 0.3 is 0 Å². The molecule has 0 aliphatic heterocycles. The molecule has 1 rings (SSSR count). The van der Waals surface area contributed by atoms with Crippen molar-refractivity contribution in [2.45, 2.75) is 38.6 Å². The number of hydrogen-bond acceptors (Lipinski definition) is 2. The minimum atomic E-state index is -0.256. The van der Waals surface area contributed by atoms with Crippen molar-refractivity contribution < 1.29 is 4.92 Å². The Morgan fingerprint density at radius 2 is 2.00 bits per heavy atom. The van der Waals surface area contributed by atoms with Gasteiger partial charge in [-0.25, -0.2) is 0 Å². The Morgan fingerprint density at radius 3 is 2.40 bits per heavy atom. The highest BCUT2D eigenvalue weighted by molar-refractivity contribution is 4.70. The van der Waals surface area contributed by atoms with Crippen molar-refractivity contribution in [3.05, 3.63) is 10.1 Å². The molecular formula is C7H13NO2. The first kappa shape index (κ1) is 7.51. The smallest absolute Gasteiger partial charge is 0.215 e. The van der Waals surface area contributed by atoms with Crippen LogP contribution in [0.15, 0.2) is 0 Å². The van der Waals surface area contributed by atoms with Gasteiger partial charge in [0.1, 0.15) is 0 Å². The Morgan fingerprint density at radius 1 is 1.40 bits per heavy atom. The highest BCUT2D eigenvalue weighted by Crippen LogP contribution is 2.25. The van der Waals surface area contributed by atoms with Crippen molar-refractivity contribution in [1.29, 1.82) is 0 Å². The van der Waals surface area contributed by atoms with Crippen molar-refractivity contribution in [3.8, 4) is 0 Å². The molecule has 0 saturated heterocycles. The molecule has 0 aromatic carbocycles. The van der Waals surface area contributed by atoms with Crippen LogP contribution in [-0.4, -0.2) is 11.0 Å². The van der Waals surface area contributed by atoms with E-state index < -0.39 is 0 Å². The number of nitro groups is 1. The molecule has 0 aromatic heterocycles. The van der Waals surface area contributed by atoms with Crippen LogP contribution in [0, 0.1) is 16.0 Å². The van der Waals surface area contributed by atoms with Crippen LogP contribution in [0.5, 0.6) is 0 Å². The molecule has 0 unspecified atom stereocenters. The van der Waals surface area contributed by atoms with Gasteiger partial charge in [-0.15, -0.1) is 0 Å². The molecule has 0 radical (unpaired) electrons. The highest BCUT2D eigenvalue weighted by Gasteiger charge is 2.29. The van der Waals surface area contributed by atoms with Crippen molar-refractivity contribution in [3.63, 3.8) is 0 Å². The summed E-state index contributed by atoms with van der Waals surface area (Å²) < 4.78 is 0. The summed E-state index contributed by atoms with van der Waals surface area (Å²) in [7, 11) is 0. The zero-order valence-electron chi connectivity index (χ0n) is 6.25. The molecule has 1 aliphatic rings. The molecule has 0 aromatic rings. The van der Waals surface area contributed by atoms with E-state index in [2.05, 4.69) is 0 Å². The second kappa shape index (κ2) is 2.99. The Hall–Kier alpha value is -0.600. The molecule has 1 aliphatic carbocycles. The fourth-order valence-electron chi connectivity index (χ4n) is 1.61. The molecule has 0 N–H and O–H groups in total. The largest absolute Gasteiger partial charge is 0.264 e. The minimum absolute atomic E-state index is 0.121. The van der Waals surface area contributed by atoms with E-state index in [1.165, 1.54) is 6.42 Å². The highest BCUT2D eigenvalue weighted by atomic mass is 16.6. The van der Waals surface area contributed by atoms with E-state index in [0.717, 1.165) is 19.3 Å². The van der Waals surface area contributed by atoms with Crippen LogP contribution in [0.2, 0.25) is 0 Å². The van der Waals surface area contributed by atoms with Crippen molar-refractivity contribution >= 4 is 0 Å². The molecule has 0 amide bonds. The summed E-state index contributed by atoms with van der Waals surface area (Å²) in [6, 6.07) is -0.256. The van der Waals surface area contributed by atoms with Gasteiger partial charge < -0.3 is 0 Å². The molecule has 58 valence electrons. The predicted octanol–water partition coefficient (Wildman–Crippen LogP) is 1.84. The van der Waals surface area contributed by atoms with Gasteiger partial charge in [0.15, 0.2) is 0 Å². The van der Waals surface area contributed by atoms with Crippen LogP contribution in [0.4, 0.5) is 0 Å². The van der Waals surface area contributed by atoms with E-state index in [4.69, 9.17) is 0 Å². The Balaban J connectivity index is 2.47. The summed E-state index contributed by atoms with van der Waals surface area (Å²) in [5.41, 5.74) is 0. The lowest BCUT2D eigenvalue weighted by Gasteiger charge is -2.21. The molecule has 0 heterocycles. The predicted molar refractivity (Wildman–Crippen MR) is 38.4 cm³/mol. The fourth-order valence-corrected chi connectivity index (χ4v) is 1.61. The van der Waals surface area contributed by atoms with Gasteiger partial charge in [-0.2, -0.15) is 0 Å². The van der Waals surface area contributed by atoms with E-state index in [0.29, 0.717) is 5.92 Å². The van der Waals surface area contributed by atoms with Crippen LogP contribution >= 0.6 is 0 Å². The maximum Gasteiger partial charge on any atom is 0.215 e. The van der Waals surface area contributed by atoms with Crippen LogP contribution < -0.4 is 0 Å². The second-order valence-electron chi connectivity index (χ2n) is 3.11. The zero-order chi connectivity index (χ0) is 7.56. The minimum Gasteiger partial charge on any atom is -0.264 e. The average Bonchev–Trinajstić information content (AvgIpc) is 1.88. The molecular weight excluding hydrogens is 130 g/mol.